The fourth-order valence-electron chi connectivity index (χ4n) is 3.17. The molecule has 2 rings (SSSR count). The van der Waals surface area contributed by atoms with Crippen LogP contribution in [0.15, 0.2) is 24.3 Å². The molecule has 1 heterocycles. The molecule has 1 aromatic carbocycles. The molecule has 1 saturated heterocycles. The summed E-state index contributed by atoms with van der Waals surface area (Å²) in [6.45, 7) is 10.9. The van der Waals surface area contributed by atoms with E-state index in [-0.39, 0.29) is 11.8 Å². The number of carbonyl (C=O) groups excluding carboxylic acids is 1. The zero-order valence-electron chi connectivity index (χ0n) is 15.7. The van der Waals surface area contributed by atoms with Crippen LogP contribution in [0.25, 0.3) is 0 Å². The van der Waals surface area contributed by atoms with Crippen molar-refractivity contribution in [1.82, 2.24) is 5.32 Å². The van der Waals surface area contributed by atoms with E-state index in [9.17, 15) is 4.79 Å². The summed E-state index contributed by atoms with van der Waals surface area (Å²) in [5, 5.41) is 3.13. The number of amides is 1. The first kappa shape index (κ1) is 19.3. The van der Waals surface area contributed by atoms with E-state index < -0.39 is 0 Å². The molecular weight excluding hydrogens is 316 g/mol. The molecule has 1 atom stereocenters. The van der Waals surface area contributed by atoms with Crippen LogP contribution in [-0.4, -0.2) is 55.1 Å². The van der Waals surface area contributed by atoms with E-state index in [2.05, 4.69) is 62.2 Å². The van der Waals surface area contributed by atoms with Crippen molar-refractivity contribution in [2.75, 3.05) is 44.7 Å². The average Bonchev–Trinajstić information content (AvgIpc) is 2.58. The number of hydrogen-bond acceptors (Lipinski definition) is 2. The molecule has 0 saturated carbocycles. The topological polar surface area (TPSA) is 29.1 Å². The SMILES string of the molecule is CC(C)c1cccc(C(C)C(=O)NCCC[N+]2(C)CCSCC2)c1. The Hall–Kier alpha value is -1.00. The van der Waals surface area contributed by atoms with Gasteiger partial charge in [-0.3, -0.25) is 4.79 Å². The quantitative estimate of drug-likeness (QED) is 0.602. The number of nitrogens with one attached hydrogen (secondary N) is 1. The fraction of sp³-hybridized carbons (Fsp3) is 0.650. The average molecular weight is 350 g/mol. The summed E-state index contributed by atoms with van der Waals surface area (Å²) in [7, 11) is 2.35. The molecule has 0 bridgehead atoms. The zero-order chi connectivity index (χ0) is 17.6. The van der Waals surface area contributed by atoms with E-state index in [1.807, 2.05) is 6.92 Å². The highest BCUT2D eigenvalue weighted by Gasteiger charge is 2.24. The highest BCUT2D eigenvalue weighted by Crippen LogP contribution is 2.21. The van der Waals surface area contributed by atoms with Crippen LogP contribution in [0.5, 0.6) is 0 Å². The number of nitrogens with zero attached hydrogens (tertiary/aromatic N) is 1. The van der Waals surface area contributed by atoms with Crippen molar-refractivity contribution in [1.29, 1.82) is 0 Å². The summed E-state index contributed by atoms with van der Waals surface area (Å²) in [6.07, 6.45) is 1.06. The molecule has 1 amide bonds. The zero-order valence-corrected chi connectivity index (χ0v) is 16.5. The van der Waals surface area contributed by atoms with Gasteiger partial charge in [0.25, 0.3) is 0 Å². The van der Waals surface area contributed by atoms with Crippen molar-refractivity contribution < 1.29 is 9.28 Å². The molecule has 1 aliphatic rings. The monoisotopic (exact) mass is 349 g/mol. The Morgan fingerprint density at radius 1 is 1.21 bits per heavy atom. The van der Waals surface area contributed by atoms with Gasteiger partial charge in [0.05, 0.1) is 32.6 Å². The van der Waals surface area contributed by atoms with Crippen LogP contribution >= 0.6 is 11.8 Å². The lowest BCUT2D eigenvalue weighted by Gasteiger charge is -2.37. The van der Waals surface area contributed by atoms with E-state index >= 15 is 0 Å². The molecule has 1 unspecified atom stereocenters. The minimum absolute atomic E-state index is 0.0835. The van der Waals surface area contributed by atoms with Gasteiger partial charge in [-0.15, -0.1) is 0 Å². The van der Waals surface area contributed by atoms with Gasteiger partial charge in [0.15, 0.2) is 0 Å². The number of thioether (sulfide) groups is 1. The Balaban J connectivity index is 1.78. The van der Waals surface area contributed by atoms with Gasteiger partial charge < -0.3 is 9.80 Å². The third-order valence-corrected chi connectivity index (χ3v) is 6.14. The minimum Gasteiger partial charge on any atom is -0.355 e. The third kappa shape index (κ3) is 5.52. The highest BCUT2D eigenvalue weighted by molar-refractivity contribution is 7.99. The van der Waals surface area contributed by atoms with Crippen LogP contribution in [0.3, 0.4) is 0 Å². The van der Waals surface area contributed by atoms with Gasteiger partial charge >= 0.3 is 0 Å². The Morgan fingerprint density at radius 3 is 2.54 bits per heavy atom. The number of hydrogen-bond donors (Lipinski definition) is 1. The normalized spacial score (nSPS) is 18.4. The van der Waals surface area contributed by atoms with Gasteiger partial charge in [0, 0.05) is 24.5 Å². The van der Waals surface area contributed by atoms with Crippen molar-refractivity contribution in [3.8, 4) is 0 Å². The largest absolute Gasteiger partial charge is 0.355 e. The molecule has 1 fully saturated rings. The standard InChI is InChI=1S/C20H32N2OS/c1-16(2)18-7-5-8-19(15-18)17(3)20(23)21-9-6-10-22(4)11-13-24-14-12-22/h5,7-8,15-17H,6,9-14H2,1-4H3/p+1. The maximum atomic E-state index is 12.4. The summed E-state index contributed by atoms with van der Waals surface area (Å²) in [4.78, 5) is 12.4. The Bertz CT molecular complexity index is 538. The smallest absolute Gasteiger partial charge is 0.227 e. The lowest BCUT2D eigenvalue weighted by atomic mass is 9.94. The van der Waals surface area contributed by atoms with Gasteiger partial charge in [-0.25, -0.2) is 0 Å². The first-order valence-corrected chi connectivity index (χ1v) is 10.4. The summed E-state index contributed by atoms with van der Waals surface area (Å²) in [6, 6.07) is 8.44. The van der Waals surface area contributed by atoms with E-state index in [0.717, 1.165) is 29.6 Å². The van der Waals surface area contributed by atoms with Crippen molar-refractivity contribution in [2.45, 2.75) is 39.0 Å². The number of quaternary nitrogens is 1. The van der Waals surface area contributed by atoms with E-state index in [4.69, 9.17) is 0 Å². The molecule has 3 nitrogen and oxygen atoms in total. The maximum Gasteiger partial charge on any atom is 0.227 e. The first-order chi connectivity index (χ1) is 11.4. The lowest BCUT2D eigenvalue weighted by molar-refractivity contribution is -0.906. The molecule has 0 aromatic heterocycles. The Kier molecular flexibility index (Phi) is 7.17. The van der Waals surface area contributed by atoms with Gasteiger partial charge in [0.2, 0.25) is 5.91 Å². The summed E-state index contributed by atoms with van der Waals surface area (Å²) in [5.41, 5.74) is 2.42. The van der Waals surface area contributed by atoms with Gasteiger partial charge in [0.1, 0.15) is 0 Å². The van der Waals surface area contributed by atoms with Gasteiger partial charge in [-0.1, -0.05) is 38.1 Å². The third-order valence-electron chi connectivity index (χ3n) is 5.20. The van der Waals surface area contributed by atoms with Crippen LogP contribution in [0.2, 0.25) is 0 Å². The van der Waals surface area contributed by atoms with Crippen LogP contribution in [0, 0.1) is 0 Å². The molecule has 4 heteroatoms. The van der Waals surface area contributed by atoms with Crippen molar-refractivity contribution in [3.63, 3.8) is 0 Å². The van der Waals surface area contributed by atoms with Gasteiger partial charge in [-0.05, 0) is 24.0 Å². The van der Waals surface area contributed by atoms with E-state index in [1.165, 1.54) is 30.2 Å². The molecule has 0 aliphatic carbocycles. The lowest BCUT2D eigenvalue weighted by Crippen LogP contribution is -2.51. The number of rotatable bonds is 7. The molecule has 134 valence electrons. The second kappa shape index (κ2) is 8.91. The Labute approximate surface area is 151 Å². The van der Waals surface area contributed by atoms with Gasteiger partial charge in [-0.2, -0.15) is 11.8 Å². The van der Waals surface area contributed by atoms with E-state index in [1.54, 1.807) is 0 Å². The van der Waals surface area contributed by atoms with Crippen LogP contribution < -0.4 is 5.32 Å². The predicted molar refractivity (Wildman–Crippen MR) is 105 cm³/mol. The summed E-state index contributed by atoms with van der Waals surface area (Å²) < 4.78 is 1.16. The molecule has 0 spiro atoms. The van der Waals surface area contributed by atoms with Crippen molar-refractivity contribution >= 4 is 17.7 Å². The van der Waals surface area contributed by atoms with Crippen LogP contribution in [0.4, 0.5) is 0 Å². The van der Waals surface area contributed by atoms with Crippen molar-refractivity contribution in [2.24, 2.45) is 0 Å². The minimum atomic E-state index is -0.0835. The summed E-state index contributed by atoms with van der Waals surface area (Å²) in [5.74, 6) is 3.10. The Morgan fingerprint density at radius 2 is 1.88 bits per heavy atom. The molecule has 24 heavy (non-hydrogen) atoms. The van der Waals surface area contributed by atoms with E-state index in [0.29, 0.717) is 5.92 Å². The molecular formula is C20H33N2OS+. The second-order valence-corrected chi connectivity index (χ2v) is 8.82. The van der Waals surface area contributed by atoms with Crippen molar-refractivity contribution in [3.05, 3.63) is 35.4 Å². The maximum absolute atomic E-state index is 12.4. The predicted octanol–water partition coefficient (Wildman–Crippen LogP) is 3.61. The first-order valence-electron chi connectivity index (χ1n) is 9.20. The summed E-state index contributed by atoms with van der Waals surface area (Å²) >= 11 is 2.06. The number of carbonyl (C=O) groups is 1. The molecule has 1 N–H and O–H groups in total. The highest BCUT2D eigenvalue weighted by atomic mass is 32.2. The molecule has 0 radical (unpaired) electrons. The second-order valence-electron chi connectivity index (χ2n) is 7.59. The molecule has 1 aliphatic heterocycles. The van der Waals surface area contributed by atoms with Crippen LogP contribution in [0.1, 0.15) is 50.2 Å². The molecule has 1 aromatic rings. The van der Waals surface area contributed by atoms with Crippen LogP contribution in [-0.2, 0) is 4.79 Å². The fourth-order valence-corrected chi connectivity index (χ4v) is 4.52. The number of benzene rings is 1.